The van der Waals surface area contributed by atoms with Crippen LogP contribution in [0.4, 0.5) is 4.39 Å². The van der Waals surface area contributed by atoms with Crippen LogP contribution in [0.1, 0.15) is 38.4 Å². The van der Waals surface area contributed by atoms with E-state index in [0.29, 0.717) is 17.6 Å². The van der Waals surface area contributed by atoms with Gasteiger partial charge in [-0.15, -0.1) is 0 Å². The van der Waals surface area contributed by atoms with Gasteiger partial charge in [0.25, 0.3) is 5.91 Å². The molecule has 0 saturated heterocycles. The third kappa shape index (κ3) is 3.04. The van der Waals surface area contributed by atoms with E-state index >= 15 is 0 Å². The average Bonchev–Trinajstić information content (AvgIpc) is 3.08. The van der Waals surface area contributed by atoms with Gasteiger partial charge in [0.15, 0.2) is 0 Å². The van der Waals surface area contributed by atoms with Crippen LogP contribution in [0.2, 0.25) is 0 Å². The summed E-state index contributed by atoms with van der Waals surface area (Å²) >= 11 is 0. The molecule has 1 aromatic heterocycles. The first kappa shape index (κ1) is 16.6. The molecule has 4 rings (SSSR count). The summed E-state index contributed by atoms with van der Waals surface area (Å²) < 4.78 is 13.9. The largest absolute Gasteiger partial charge is 0.348 e. The van der Waals surface area contributed by atoms with E-state index in [-0.39, 0.29) is 11.5 Å². The van der Waals surface area contributed by atoms with Crippen LogP contribution in [0.15, 0.2) is 30.3 Å². The van der Waals surface area contributed by atoms with Gasteiger partial charge in [0, 0.05) is 25.7 Å². The molecule has 0 unspecified atom stereocenters. The minimum atomic E-state index is -0.496. The van der Waals surface area contributed by atoms with E-state index < -0.39 is 5.82 Å². The molecule has 0 saturated carbocycles. The molecule has 1 aliphatic heterocycles. The van der Waals surface area contributed by atoms with E-state index in [0.717, 1.165) is 30.0 Å². The molecule has 3 aromatic rings. The number of amides is 1. The van der Waals surface area contributed by atoms with Crippen LogP contribution in [0, 0.1) is 19.7 Å². The van der Waals surface area contributed by atoms with Crippen LogP contribution in [0.3, 0.4) is 0 Å². The molecule has 0 bridgehead atoms. The molecule has 0 atom stereocenters. The van der Waals surface area contributed by atoms with Gasteiger partial charge in [-0.2, -0.15) is 0 Å². The predicted octanol–water partition coefficient (Wildman–Crippen LogP) is 2.92. The molecule has 1 aliphatic rings. The van der Waals surface area contributed by atoms with Crippen molar-refractivity contribution < 1.29 is 9.18 Å². The summed E-state index contributed by atoms with van der Waals surface area (Å²) in [6.07, 6.45) is 0. The number of aryl methyl sites for hydroxylation is 2. The van der Waals surface area contributed by atoms with Crippen molar-refractivity contribution in [2.24, 2.45) is 0 Å². The third-order valence-corrected chi connectivity index (χ3v) is 4.75. The molecule has 2 aromatic carbocycles. The second-order valence-electron chi connectivity index (χ2n) is 6.60. The van der Waals surface area contributed by atoms with E-state index in [1.54, 1.807) is 0 Å². The molecular formula is C20H19FN4O. The quantitative estimate of drug-likeness (QED) is 0.762. The summed E-state index contributed by atoms with van der Waals surface area (Å²) in [7, 11) is 0. The summed E-state index contributed by atoms with van der Waals surface area (Å²) in [4.78, 5) is 21.4. The lowest BCUT2D eigenvalue weighted by Crippen LogP contribution is -2.23. The van der Waals surface area contributed by atoms with Crippen molar-refractivity contribution in [3.8, 4) is 0 Å². The maximum Gasteiger partial charge on any atom is 0.253 e. The highest BCUT2D eigenvalue weighted by atomic mass is 19.1. The first-order valence-corrected chi connectivity index (χ1v) is 8.55. The minimum Gasteiger partial charge on any atom is -0.348 e. The SMILES string of the molecule is Cc1nc2cc(F)cc(C(=O)NCc3ccc4c(c3)CNC4)c2nc1C. The van der Waals surface area contributed by atoms with E-state index in [1.807, 2.05) is 19.9 Å². The number of aromatic nitrogens is 2. The number of carbonyl (C=O) groups is 1. The third-order valence-electron chi connectivity index (χ3n) is 4.75. The summed E-state index contributed by atoms with van der Waals surface area (Å²) in [5.41, 5.74) is 6.03. The predicted molar refractivity (Wildman–Crippen MR) is 97.1 cm³/mol. The van der Waals surface area contributed by atoms with E-state index in [2.05, 4.69) is 32.7 Å². The molecule has 0 aliphatic carbocycles. The molecule has 2 heterocycles. The summed E-state index contributed by atoms with van der Waals surface area (Å²) in [6, 6.07) is 8.69. The van der Waals surface area contributed by atoms with Gasteiger partial charge in [0.2, 0.25) is 0 Å². The van der Waals surface area contributed by atoms with Gasteiger partial charge in [0.1, 0.15) is 11.3 Å². The number of rotatable bonds is 3. The second kappa shape index (κ2) is 6.46. The van der Waals surface area contributed by atoms with Crippen LogP contribution in [0.5, 0.6) is 0 Å². The fraction of sp³-hybridized carbons (Fsp3) is 0.250. The van der Waals surface area contributed by atoms with E-state index in [1.165, 1.54) is 23.3 Å². The van der Waals surface area contributed by atoms with Gasteiger partial charge < -0.3 is 10.6 Å². The topological polar surface area (TPSA) is 66.9 Å². The van der Waals surface area contributed by atoms with Crippen molar-refractivity contribution in [1.82, 2.24) is 20.6 Å². The van der Waals surface area contributed by atoms with Gasteiger partial charge in [-0.3, -0.25) is 4.79 Å². The van der Waals surface area contributed by atoms with Crippen molar-refractivity contribution in [3.63, 3.8) is 0 Å². The van der Waals surface area contributed by atoms with Gasteiger partial charge in [0.05, 0.1) is 22.5 Å². The number of halogens is 1. The van der Waals surface area contributed by atoms with Crippen molar-refractivity contribution >= 4 is 16.9 Å². The minimum absolute atomic E-state index is 0.207. The Labute approximate surface area is 150 Å². The van der Waals surface area contributed by atoms with Gasteiger partial charge in [-0.05, 0) is 36.6 Å². The number of hydrogen-bond donors (Lipinski definition) is 2. The summed E-state index contributed by atoms with van der Waals surface area (Å²) in [5.74, 6) is -0.852. The second-order valence-corrected chi connectivity index (χ2v) is 6.60. The van der Waals surface area contributed by atoms with Crippen molar-refractivity contribution in [2.75, 3.05) is 0 Å². The fourth-order valence-electron chi connectivity index (χ4n) is 3.21. The standard InChI is InChI=1S/C20H19FN4O/c1-11-12(2)25-19-17(6-16(21)7-18(19)24-11)20(26)23-8-13-3-4-14-9-22-10-15(14)5-13/h3-7,22H,8-10H2,1-2H3,(H,23,26). The zero-order chi connectivity index (χ0) is 18.3. The molecule has 1 amide bonds. The monoisotopic (exact) mass is 350 g/mol. The summed E-state index contributed by atoms with van der Waals surface area (Å²) in [5, 5.41) is 6.16. The molecule has 132 valence electrons. The molecular weight excluding hydrogens is 331 g/mol. The number of benzene rings is 2. The maximum absolute atomic E-state index is 13.9. The Balaban J connectivity index is 1.61. The Bertz CT molecular complexity index is 1030. The Morgan fingerprint density at radius 3 is 2.73 bits per heavy atom. The average molecular weight is 350 g/mol. The molecule has 6 heteroatoms. The van der Waals surface area contributed by atoms with Gasteiger partial charge >= 0.3 is 0 Å². The molecule has 0 spiro atoms. The zero-order valence-corrected chi connectivity index (χ0v) is 14.7. The molecule has 0 radical (unpaired) electrons. The van der Waals surface area contributed by atoms with Gasteiger partial charge in [-0.1, -0.05) is 18.2 Å². The molecule has 5 nitrogen and oxygen atoms in total. The van der Waals surface area contributed by atoms with Gasteiger partial charge in [-0.25, -0.2) is 14.4 Å². The lowest BCUT2D eigenvalue weighted by atomic mass is 10.1. The number of nitrogens with one attached hydrogen (secondary N) is 2. The Morgan fingerprint density at radius 2 is 1.88 bits per heavy atom. The molecule has 0 fully saturated rings. The van der Waals surface area contributed by atoms with E-state index in [4.69, 9.17) is 0 Å². The number of carbonyl (C=O) groups excluding carboxylic acids is 1. The highest BCUT2D eigenvalue weighted by molar-refractivity contribution is 6.04. The van der Waals surface area contributed by atoms with Crippen LogP contribution in [-0.2, 0) is 19.6 Å². The highest BCUT2D eigenvalue weighted by Gasteiger charge is 2.16. The number of nitrogens with zero attached hydrogens (tertiary/aromatic N) is 2. The van der Waals surface area contributed by atoms with Crippen LogP contribution >= 0.6 is 0 Å². The normalized spacial score (nSPS) is 13.0. The van der Waals surface area contributed by atoms with Crippen LogP contribution < -0.4 is 10.6 Å². The molecule has 26 heavy (non-hydrogen) atoms. The van der Waals surface area contributed by atoms with Crippen molar-refractivity contribution in [1.29, 1.82) is 0 Å². The Kier molecular flexibility index (Phi) is 4.12. The lowest BCUT2D eigenvalue weighted by Gasteiger charge is -2.10. The van der Waals surface area contributed by atoms with Crippen molar-refractivity contribution in [3.05, 3.63) is 69.8 Å². The number of hydrogen-bond acceptors (Lipinski definition) is 4. The highest BCUT2D eigenvalue weighted by Crippen LogP contribution is 2.20. The van der Waals surface area contributed by atoms with Crippen LogP contribution in [-0.4, -0.2) is 15.9 Å². The Morgan fingerprint density at radius 1 is 1.12 bits per heavy atom. The molecule has 2 N–H and O–H groups in total. The first-order valence-electron chi connectivity index (χ1n) is 8.55. The van der Waals surface area contributed by atoms with E-state index in [9.17, 15) is 9.18 Å². The first-order chi connectivity index (χ1) is 12.5. The zero-order valence-electron chi connectivity index (χ0n) is 14.7. The van der Waals surface area contributed by atoms with Crippen molar-refractivity contribution in [2.45, 2.75) is 33.5 Å². The Hall–Kier alpha value is -2.86. The number of fused-ring (bicyclic) bond motifs is 2. The van der Waals surface area contributed by atoms with Crippen LogP contribution in [0.25, 0.3) is 11.0 Å². The summed E-state index contributed by atoms with van der Waals surface area (Å²) in [6.45, 7) is 5.75. The fourth-order valence-corrected chi connectivity index (χ4v) is 3.21. The maximum atomic E-state index is 13.9. The lowest BCUT2D eigenvalue weighted by molar-refractivity contribution is 0.0952. The smallest absolute Gasteiger partial charge is 0.253 e.